The SMILES string of the molecule is CC(NCCC(=O)N1CCCCC1)c1ccc(Cl)c(F)c1. The fraction of sp³-hybridized carbons (Fsp3) is 0.562. The van der Waals surface area contributed by atoms with Crippen LogP contribution in [0.2, 0.25) is 5.02 Å². The van der Waals surface area contributed by atoms with Gasteiger partial charge in [0.15, 0.2) is 0 Å². The number of hydrogen-bond acceptors (Lipinski definition) is 2. The van der Waals surface area contributed by atoms with Crippen LogP contribution in [0, 0.1) is 5.82 Å². The lowest BCUT2D eigenvalue weighted by Gasteiger charge is -2.27. The van der Waals surface area contributed by atoms with Gasteiger partial charge in [-0.2, -0.15) is 0 Å². The molecule has 1 aliphatic heterocycles. The summed E-state index contributed by atoms with van der Waals surface area (Å²) >= 11 is 5.67. The van der Waals surface area contributed by atoms with E-state index in [1.54, 1.807) is 12.1 Å². The number of hydrogen-bond donors (Lipinski definition) is 1. The zero-order valence-electron chi connectivity index (χ0n) is 12.4. The van der Waals surface area contributed by atoms with E-state index in [0.29, 0.717) is 13.0 Å². The van der Waals surface area contributed by atoms with E-state index < -0.39 is 5.82 Å². The predicted molar refractivity (Wildman–Crippen MR) is 82.9 cm³/mol. The van der Waals surface area contributed by atoms with Crippen molar-refractivity contribution in [2.24, 2.45) is 0 Å². The van der Waals surface area contributed by atoms with Crippen molar-refractivity contribution < 1.29 is 9.18 Å². The van der Waals surface area contributed by atoms with Gasteiger partial charge < -0.3 is 10.2 Å². The molecule has 3 nitrogen and oxygen atoms in total. The van der Waals surface area contributed by atoms with Crippen LogP contribution >= 0.6 is 11.6 Å². The van der Waals surface area contributed by atoms with E-state index >= 15 is 0 Å². The molecule has 0 saturated carbocycles. The second kappa shape index (κ2) is 7.76. The second-order valence-electron chi connectivity index (χ2n) is 5.54. The van der Waals surface area contributed by atoms with Crippen LogP contribution in [0.1, 0.15) is 44.2 Å². The van der Waals surface area contributed by atoms with Crippen LogP contribution in [0.25, 0.3) is 0 Å². The molecule has 1 fully saturated rings. The summed E-state index contributed by atoms with van der Waals surface area (Å²) in [4.78, 5) is 14.0. The molecule has 1 unspecified atom stereocenters. The maximum absolute atomic E-state index is 13.4. The molecular weight excluding hydrogens is 291 g/mol. The molecule has 0 bridgehead atoms. The van der Waals surface area contributed by atoms with Crippen molar-refractivity contribution in [1.82, 2.24) is 10.2 Å². The highest BCUT2D eigenvalue weighted by Gasteiger charge is 2.16. The molecule has 5 heteroatoms. The number of piperidine rings is 1. The van der Waals surface area contributed by atoms with Crippen molar-refractivity contribution in [3.8, 4) is 0 Å². The minimum Gasteiger partial charge on any atom is -0.343 e. The number of nitrogens with one attached hydrogen (secondary N) is 1. The van der Waals surface area contributed by atoms with Crippen LogP contribution in [0.3, 0.4) is 0 Å². The standard InChI is InChI=1S/C16H22ClFN2O/c1-12(13-5-6-14(17)15(18)11-13)19-8-7-16(21)20-9-3-2-4-10-20/h5-6,11-12,19H,2-4,7-10H2,1H3. The zero-order chi connectivity index (χ0) is 15.2. The lowest BCUT2D eigenvalue weighted by Crippen LogP contribution is -2.37. The van der Waals surface area contributed by atoms with Crippen LogP contribution in [0.4, 0.5) is 4.39 Å². The molecule has 1 N–H and O–H groups in total. The molecule has 21 heavy (non-hydrogen) atoms. The molecule has 1 aliphatic rings. The largest absolute Gasteiger partial charge is 0.343 e. The summed E-state index contributed by atoms with van der Waals surface area (Å²) in [5.41, 5.74) is 0.835. The fourth-order valence-electron chi connectivity index (χ4n) is 2.60. The van der Waals surface area contributed by atoms with Crippen molar-refractivity contribution in [2.45, 2.75) is 38.6 Å². The minimum atomic E-state index is -0.410. The van der Waals surface area contributed by atoms with E-state index in [0.717, 1.165) is 31.5 Å². The molecule has 0 radical (unpaired) electrons. The predicted octanol–water partition coefficient (Wildman–Crippen LogP) is 3.53. The van der Waals surface area contributed by atoms with Gasteiger partial charge in [0, 0.05) is 32.1 Å². The highest BCUT2D eigenvalue weighted by Crippen LogP contribution is 2.20. The Kier molecular flexibility index (Phi) is 6.00. The van der Waals surface area contributed by atoms with Crippen molar-refractivity contribution in [2.75, 3.05) is 19.6 Å². The topological polar surface area (TPSA) is 32.3 Å². The van der Waals surface area contributed by atoms with Gasteiger partial charge in [-0.25, -0.2) is 4.39 Å². The van der Waals surface area contributed by atoms with Crippen molar-refractivity contribution in [1.29, 1.82) is 0 Å². The van der Waals surface area contributed by atoms with Crippen LogP contribution in [-0.4, -0.2) is 30.4 Å². The van der Waals surface area contributed by atoms with E-state index in [2.05, 4.69) is 5.32 Å². The number of carbonyl (C=O) groups excluding carboxylic acids is 1. The fourth-order valence-corrected chi connectivity index (χ4v) is 2.71. The van der Waals surface area contributed by atoms with Gasteiger partial charge in [-0.05, 0) is 43.9 Å². The molecule has 116 valence electrons. The molecule has 0 aromatic heterocycles. The van der Waals surface area contributed by atoms with Gasteiger partial charge in [-0.1, -0.05) is 17.7 Å². The third kappa shape index (κ3) is 4.68. The average Bonchev–Trinajstić information content (AvgIpc) is 2.50. The summed E-state index contributed by atoms with van der Waals surface area (Å²) in [7, 11) is 0. The van der Waals surface area contributed by atoms with E-state index in [9.17, 15) is 9.18 Å². The average molecular weight is 313 g/mol. The number of rotatable bonds is 5. The Hall–Kier alpha value is -1.13. The third-order valence-corrected chi connectivity index (χ3v) is 4.25. The Labute approximate surface area is 130 Å². The first-order valence-corrected chi connectivity index (χ1v) is 7.92. The lowest BCUT2D eigenvalue weighted by molar-refractivity contribution is -0.132. The summed E-state index contributed by atoms with van der Waals surface area (Å²) in [6.45, 7) is 4.32. The monoisotopic (exact) mass is 312 g/mol. The minimum absolute atomic E-state index is 0.00841. The molecular formula is C16H22ClFN2O. The molecule has 1 saturated heterocycles. The van der Waals surface area contributed by atoms with Gasteiger partial charge in [0.1, 0.15) is 5.82 Å². The van der Waals surface area contributed by atoms with E-state index in [1.807, 2.05) is 11.8 Å². The summed E-state index contributed by atoms with van der Waals surface area (Å²) in [6, 6.07) is 4.79. The Morgan fingerprint density at radius 2 is 2.10 bits per heavy atom. The number of amides is 1. The summed E-state index contributed by atoms with van der Waals surface area (Å²) in [5.74, 6) is -0.205. The third-order valence-electron chi connectivity index (χ3n) is 3.94. The molecule has 1 heterocycles. The first kappa shape index (κ1) is 16.2. The number of carbonyl (C=O) groups is 1. The van der Waals surface area contributed by atoms with Gasteiger partial charge in [0.2, 0.25) is 5.91 Å². The van der Waals surface area contributed by atoms with Crippen molar-refractivity contribution in [3.63, 3.8) is 0 Å². The number of likely N-dealkylation sites (tertiary alicyclic amines) is 1. The molecule has 1 atom stereocenters. The van der Waals surface area contributed by atoms with Gasteiger partial charge in [-0.15, -0.1) is 0 Å². The van der Waals surface area contributed by atoms with Gasteiger partial charge in [0.25, 0.3) is 0 Å². The maximum atomic E-state index is 13.4. The van der Waals surface area contributed by atoms with Crippen LogP contribution in [0.15, 0.2) is 18.2 Å². The van der Waals surface area contributed by atoms with Gasteiger partial charge in [-0.3, -0.25) is 4.79 Å². The molecule has 1 aromatic rings. The lowest BCUT2D eigenvalue weighted by atomic mass is 10.1. The zero-order valence-corrected chi connectivity index (χ0v) is 13.1. The van der Waals surface area contributed by atoms with E-state index in [4.69, 9.17) is 11.6 Å². The number of benzene rings is 1. The van der Waals surface area contributed by atoms with E-state index in [1.165, 1.54) is 12.5 Å². The number of nitrogens with zero attached hydrogens (tertiary/aromatic N) is 1. The van der Waals surface area contributed by atoms with Crippen LogP contribution < -0.4 is 5.32 Å². The Balaban J connectivity index is 1.76. The molecule has 2 rings (SSSR count). The normalized spacial score (nSPS) is 16.8. The number of halogens is 2. The first-order valence-electron chi connectivity index (χ1n) is 7.54. The highest BCUT2D eigenvalue weighted by molar-refractivity contribution is 6.30. The summed E-state index contributed by atoms with van der Waals surface area (Å²) in [5, 5.41) is 3.39. The summed E-state index contributed by atoms with van der Waals surface area (Å²) in [6.07, 6.45) is 3.93. The van der Waals surface area contributed by atoms with Crippen molar-refractivity contribution >= 4 is 17.5 Å². The van der Waals surface area contributed by atoms with Crippen LogP contribution in [0.5, 0.6) is 0 Å². The molecule has 1 amide bonds. The Morgan fingerprint density at radius 3 is 2.76 bits per heavy atom. The maximum Gasteiger partial charge on any atom is 0.223 e. The second-order valence-corrected chi connectivity index (χ2v) is 5.95. The summed E-state index contributed by atoms with van der Waals surface area (Å²) < 4.78 is 13.4. The molecule has 0 aliphatic carbocycles. The quantitative estimate of drug-likeness (QED) is 0.902. The first-order chi connectivity index (χ1) is 10.1. The highest BCUT2D eigenvalue weighted by atomic mass is 35.5. The van der Waals surface area contributed by atoms with Gasteiger partial charge >= 0.3 is 0 Å². The molecule has 0 spiro atoms. The van der Waals surface area contributed by atoms with Crippen molar-refractivity contribution in [3.05, 3.63) is 34.6 Å². The molecule has 1 aromatic carbocycles. The Bertz CT molecular complexity index is 489. The Morgan fingerprint density at radius 1 is 1.38 bits per heavy atom. The van der Waals surface area contributed by atoms with Crippen LogP contribution in [-0.2, 0) is 4.79 Å². The smallest absolute Gasteiger partial charge is 0.223 e. The van der Waals surface area contributed by atoms with E-state index in [-0.39, 0.29) is 17.0 Å². The van der Waals surface area contributed by atoms with Gasteiger partial charge in [0.05, 0.1) is 5.02 Å².